The van der Waals surface area contributed by atoms with E-state index in [0.717, 1.165) is 6.07 Å². The van der Waals surface area contributed by atoms with Crippen molar-refractivity contribution in [2.75, 3.05) is 13.2 Å². The van der Waals surface area contributed by atoms with Crippen molar-refractivity contribution in [1.29, 1.82) is 0 Å². The molecule has 3 nitrogen and oxygen atoms in total. The fraction of sp³-hybridized carbons (Fsp3) is 0.300. The molecule has 1 aromatic heterocycles. The monoisotopic (exact) mass is 227 g/mol. The zero-order valence-corrected chi connectivity index (χ0v) is 8.38. The van der Waals surface area contributed by atoms with Crippen LogP contribution in [-0.4, -0.2) is 28.9 Å². The average molecular weight is 228 g/mol. The molecular formula is C10H7ClFNO2. The third kappa shape index (κ3) is 2.26. The summed E-state index contributed by atoms with van der Waals surface area (Å²) in [4.78, 5) is 3.69. The van der Waals surface area contributed by atoms with Crippen molar-refractivity contribution in [2.45, 2.75) is 5.60 Å². The van der Waals surface area contributed by atoms with Gasteiger partial charge in [0.25, 0.3) is 0 Å². The predicted octanol–water partition coefficient (Wildman–Crippen LogP) is 0.987. The quantitative estimate of drug-likeness (QED) is 0.531. The van der Waals surface area contributed by atoms with E-state index in [1.807, 2.05) is 0 Å². The van der Waals surface area contributed by atoms with Gasteiger partial charge in [-0.1, -0.05) is 23.4 Å². The van der Waals surface area contributed by atoms with Crippen LogP contribution in [0.15, 0.2) is 12.3 Å². The normalized spacial score (nSPS) is 17.5. The van der Waals surface area contributed by atoms with Gasteiger partial charge in [-0.05, 0) is 0 Å². The number of aromatic nitrogens is 1. The molecule has 1 aliphatic rings. The highest BCUT2D eigenvalue weighted by molar-refractivity contribution is 6.29. The molecule has 0 amide bonds. The Morgan fingerprint density at radius 3 is 2.87 bits per heavy atom. The van der Waals surface area contributed by atoms with E-state index >= 15 is 0 Å². The molecule has 15 heavy (non-hydrogen) atoms. The summed E-state index contributed by atoms with van der Waals surface area (Å²) in [6.45, 7) is 0.311. The van der Waals surface area contributed by atoms with Crippen LogP contribution in [0.2, 0.25) is 5.15 Å². The summed E-state index contributed by atoms with van der Waals surface area (Å²) in [6.07, 6.45) is 1.23. The highest BCUT2D eigenvalue weighted by Crippen LogP contribution is 2.16. The van der Waals surface area contributed by atoms with Crippen molar-refractivity contribution in [3.8, 4) is 11.8 Å². The van der Waals surface area contributed by atoms with Crippen molar-refractivity contribution in [3.63, 3.8) is 0 Å². The summed E-state index contributed by atoms with van der Waals surface area (Å²) in [5, 5.41) is 9.62. The van der Waals surface area contributed by atoms with Crippen LogP contribution in [0.3, 0.4) is 0 Å². The standard InChI is InChI=1S/C10H7ClFNO2/c11-9-3-8(12)7(4-13-9)1-2-10(14)5-15-6-10/h3-4,14H,5-6H2. The zero-order valence-electron chi connectivity index (χ0n) is 7.63. The Kier molecular flexibility index (Phi) is 2.61. The maximum Gasteiger partial charge on any atom is 0.172 e. The molecule has 0 aliphatic carbocycles. The van der Waals surface area contributed by atoms with Gasteiger partial charge in [-0.25, -0.2) is 9.37 Å². The van der Waals surface area contributed by atoms with Gasteiger partial charge < -0.3 is 9.84 Å². The number of hydrogen-bond donors (Lipinski definition) is 1. The van der Waals surface area contributed by atoms with Crippen molar-refractivity contribution in [3.05, 3.63) is 28.8 Å². The Balaban J connectivity index is 2.23. The fourth-order valence-electron chi connectivity index (χ4n) is 1.05. The molecule has 1 fully saturated rings. The second-order valence-electron chi connectivity index (χ2n) is 3.26. The van der Waals surface area contributed by atoms with Gasteiger partial charge in [0.2, 0.25) is 0 Å². The van der Waals surface area contributed by atoms with E-state index < -0.39 is 11.4 Å². The van der Waals surface area contributed by atoms with Crippen LogP contribution in [0.25, 0.3) is 0 Å². The average Bonchev–Trinajstić information content (AvgIpc) is 2.14. The second-order valence-corrected chi connectivity index (χ2v) is 3.65. The molecule has 5 heteroatoms. The number of rotatable bonds is 0. The summed E-state index contributed by atoms with van der Waals surface area (Å²) >= 11 is 5.48. The van der Waals surface area contributed by atoms with Crippen LogP contribution >= 0.6 is 11.6 Å². The molecule has 0 aromatic carbocycles. The van der Waals surface area contributed by atoms with E-state index in [0.29, 0.717) is 0 Å². The smallest absolute Gasteiger partial charge is 0.172 e. The highest BCUT2D eigenvalue weighted by Gasteiger charge is 2.33. The van der Waals surface area contributed by atoms with E-state index in [1.54, 1.807) is 0 Å². The third-order valence-electron chi connectivity index (χ3n) is 1.93. The van der Waals surface area contributed by atoms with Gasteiger partial charge in [0.05, 0.1) is 18.8 Å². The number of ether oxygens (including phenoxy) is 1. The van der Waals surface area contributed by atoms with Gasteiger partial charge in [0.15, 0.2) is 5.60 Å². The molecule has 1 aliphatic heterocycles. The van der Waals surface area contributed by atoms with Gasteiger partial charge in [0.1, 0.15) is 11.0 Å². The molecule has 0 bridgehead atoms. The minimum absolute atomic E-state index is 0.0729. The number of nitrogens with zero attached hydrogens (tertiary/aromatic N) is 1. The van der Waals surface area contributed by atoms with Crippen LogP contribution < -0.4 is 0 Å². The molecule has 1 N–H and O–H groups in total. The molecule has 0 spiro atoms. The first kappa shape index (κ1) is 10.4. The van der Waals surface area contributed by atoms with E-state index in [1.165, 1.54) is 6.20 Å². The molecular weight excluding hydrogens is 221 g/mol. The summed E-state index contributed by atoms with van der Waals surface area (Å²) in [7, 11) is 0. The molecule has 2 rings (SSSR count). The van der Waals surface area contributed by atoms with Crippen LogP contribution in [0.5, 0.6) is 0 Å². The van der Waals surface area contributed by atoms with Crippen LogP contribution in [-0.2, 0) is 4.74 Å². The van der Waals surface area contributed by atoms with Crippen molar-refractivity contribution in [2.24, 2.45) is 0 Å². The highest BCUT2D eigenvalue weighted by atomic mass is 35.5. The van der Waals surface area contributed by atoms with Crippen LogP contribution in [0.4, 0.5) is 4.39 Å². The van der Waals surface area contributed by atoms with Gasteiger partial charge in [-0.15, -0.1) is 0 Å². The lowest BCUT2D eigenvalue weighted by atomic mass is 10.0. The molecule has 0 radical (unpaired) electrons. The Morgan fingerprint density at radius 1 is 1.60 bits per heavy atom. The Labute approximate surface area is 90.8 Å². The van der Waals surface area contributed by atoms with Crippen LogP contribution in [0.1, 0.15) is 5.56 Å². The zero-order chi connectivity index (χ0) is 10.9. The molecule has 1 aromatic rings. The molecule has 0 saturated carbocycles. The number of halogens is 2. The Morgan fingerprint density at radius 2 is 2.33 bits per heavy atom. The third-order valence-corrected chi connectivity index (χ3v) is 2.14. The topological polar surface area (TPSA) is 42.4 Å². The van der Waals surface area contributed by atoms with E-state index in [9.17, 15) is 9.50 Å². The van der Waals surface area contributed by atoms with Gasteiger partial charge in [-0.2, -0.15) is 0 Å². The number of pyridine rings is 1. The predicted molar refractivity (Wildman–Crippen MR) is 51.9 cm³/mol. The maximum absolute atomic E-state index is 13.2. The first-order valence-corrected chi connectivity index (χ1v) is 4.61. The lowest BCUT2D eigenvalue weighted by Crippen LogP contribution is -2.48. The summed E-state index contributed by atoms with van der Waals surface area (Å²) in [5.41, 5.74) is -1.04. The number of aliphatic hydroxyl groups is 1. The molecule has 0 unspecified atom stereocenters. The van der Waals surface area contributed by atoms with Crippen molar-refractivity contribution >= 4 is 11.6 Å². The lowest BCUT2D eigenvalue weighted by molar-refractivity contribution is -0.140. The molecule has 78 valence electrons. The van der Waals surface area contributed by atoms with Crippen molar-refractivity contribution < 1.29 is 14.2 Å². The molecule has 2 heterocycles. The van der Waals surface area contributed by atoms with E-state index in [4.69, 9.17) is 16.3 Å². The van der Waals surface area contributed by atoms with Crippen LogP contribution in [0, 0.1) is 17.7 Å². The summed E-state index contributed by atoms with van der Waals surface area (Å²) < 4.78 is 18.0. The van der Waals surface area contributed by atoms with Gasteiger partial charge >= 0.3 is 0 Å². The summed E-state index contributed by atoms with van der Waals surface area (Å²) in [6, 6.07) is 1.08. The largest absolute Gasteiger partial charge is 0.373 e. The minimum Gasteiger partial charge on any atom is -0.373 e. The van der Waals surface area contributed by atoms with Gasteiger partial charge in [0, 0.05) is 12.3 Å². The molecule has 1 saturated heterocycles. The first-order chi connectivity index (χ1) is 7.09. The van der Waals surface area contributed by atoms with Crippen molar-refractivity contribution in [1.82, 2.24) is 4.98 Å². The minimum atomic E-state index is -1.15. The van der Waals surface area contributed by atoms with E-state index in [2.05, 4.69) is 16.8 Å². The Bertz CT molecular complexity index is 448. The van der Waals surface area contributed by atoms with E-state index in [-0.39, 0.29) is 23.9 Å². The summed E-state index contributed by atoms with van der Waals surface area (Å²) in [5.74, 6) is 4.49. The Hall–Kier alpha value is -1.15. The van der Waals surface area contributed by atoms with Gasteiger partial charge in [-0.3, -0.25) is 0 Å². The first-order valence-electron chi connectivity index (χ1n) is 4.23. The fourth-order valence-corrected chi connectivity index (χ4v) is 1.20. The second kappa shape index (κ2) is 3.78. The number of hydrogen-bond acceptors (Lipinski definition) is 3. The molecule has 0 atom stereocenters. The maximum atomic E-state index is 13.2. The lowest BCUT2D eigenvalue weighted by Gasteiger charge is -2.30. The SMILES string of the molecule is OC1(C#Cc2cnc(Cl)cc2F)COC1.